The van der Waals surface area contributed by atoms with Gasteiger partial charge in [0, 0.05) is 17.9 Å². The lowest BCUT2D eigenvalue weighted by Gasteiger charge is -2.25. The van der Waals surface area contributed by atoms with E-state index < -0.39 is 17.2 Å². The van der Waals surface area contributed by atoms with E-state index in [-0.39, 0.29) is 28.7 Å². The Morgan fingerprint density at radius 1 is 1.24 bits per heavy atom. The zero-order valence-corrected chi connectivity index (χ0v) is 16.9. The number of nitrogens with zero attached hydrogens (tertiary/aromatic N) is 1. The van der Waals surface area contributed by atoms with Crippen LogP contribution in [0.15, 0.2) is 10.9 Å². The van der Waals surface area contributed by atoms with Gasteiger partial charge in [-0.3, -0.25) is 4.79 Å². The average Bonchev–Trinajstić information content (AvgIpc) is 2.72. The second kappa shape index (κ2) is 8.97. The number of aromatic nitrogens is 2. The zero-order valence-electron chi connectivity index (χ0n) is 16.0. The fourth-order valence-corrected chi connectivity index (χ4v) is 5.08. The molecule has 0 unspecified atom stereocenters. The fourth-order valence-electron chi connectivity index (χ4n) is 3.94. The van der Waals surface area contributed by atoms with Crippen LogP contribution in [0.5, 0.6) is 0 Å². The molecule has 0 radical (unpaired) electrons. The van der Waals surface area contributed by atoms with Gasteiger partial charge in [0.1, 0.15) is 11.2 Å². The second-order valence-corrected chi connectivity index (χ2v) is 9.05. The third-order valence-corrected chi connectivity index (χ3v) is 6.93. The number of H-pyrrole nitrogens is 1. The topological polar surface area (TPSA) is 87.2 Å². The van der Waals surface area contributed by atoms with Crippen molar-refractivity contribution in [2.24, 2.45) is 0 Å². The molecule has 0 amide bonds. The summed E-state index contributed by atoms with van der Waals surface area (Å²) in [6.07, 6.45) is 4.84. The van der Waals surface area contributed by atoms with Crippen molar-refractivity contribution in [1.82, 2.24) is 9.97 Å². The minimum atomic E-state index is -1.18. The molecule has 9 heteroatoms. The first-order valence-corrected chi connectivity index (χ1v) is 11.1. The van der Waals surface area contributed by atoms with Gasteiger partial charge in [0.15, 0.2) is 11.6 Å². The molecule has 1 saturated heterocycles. The fraction of sp³-hybridized carbons (Fsp3) is 0.600. The molecule has 1 aliphatic heterocycles. The number of thioether (sulfide) groups is 1. The van der Waals surface area contributed by atoms with Crippen molar-refractivity contribution >= 4 is 28.4 Å². The molecule has 1 aliphatic carbocycles. The van der Waals surface area contributed by atoms with Gasteiger partial charge in [-0.15, -0.1) is 0 Å². The van der Waals surface area contributed by atoms with E-state index in [1.165, 1.54) is 6.07 Å². The Morgan fingerprint density at radius 3 is 2.76 bits per heavy atom. The summed E-state index contributed by atoms with van der Waals surface area (Å²) < 4.78 is 34.5. The van der Waals surface area contributed by atoms with Crippen molar-refractivity contribution in [3.8, 4) is 0 Å². The highest BCUT2D eigenvalue weighted by molar-refractivity contribution is 7.99. The number of aliphatic hydroxyl groups is 1. The zero-order chi connectivity index (χ0) is 20.4. The summed E-state index contributed by atoms with van der Waals surface area (Å²) in [6.45, 7) is 1.10. The minimum absolute atomic E-state index is 0.00321. The third-order valence-electron chi connectivity index (χ3n) is 5.55. The Morgan fingerprint density at radius 2 is 2.03 bits per heavy atom. The predicted octanol–water partition coefficient (Wildman–Crippen LogP) is 3.33. The van der Waals surface area contributed by atoms with E-state index in [9.17, 15) is 18.7 Å². The normalized spacial score (nSPS) is 25.3. The van der Waals surface area contributed by atoms with Crippen LogP contribution in [0.3, 0.4) is 0 Å². The van der Waals surface area contributed by atoms with E-state index in [0.29, 0.717) is 30.0 Å². The van der Waals surface area contributed by atoms with Crippen LogP contribution in [0.2, 0.25) is 0 Å². The number of fused-ring (bicyclic) bond motifs is 1. The number of halogens is 2. The van der Waals surface area contributed by atoms with Crippen molar-refractivity contribution < 1.29 is 18.6 Å². The molecule has 1 atom stereocenters. The van der Waals surface area contributed by atoms with Crippen LogP contribution in [0.25, 0.3) is 10.9 Å². The molecular formula is C20H25F2N3O3S. The van der Waals surface area contributed by atoms with Crippen LogP contribution in [0.1, 0.15) is 44.3 Å². The van der Waals surface area contributed by atoms with Crippen LogP contribution < -0.4 is 10.9 Å². The third kappa shape index (κ3) is 4.73. The lowest BCUT2D eigenvalue weighted by Crippen LogP contribution is -2.30. The largest absolute Gasteiger partial charge is 0.393 e. The maximum atomic E-state index is 14.6. The van der Waals surface area contributed by atoms with Gasteiger partial charge in [-0.2, -0.15) is 11.8 Å². The van der Waals surface area contributed by atoms with Crippen LogP contribution in [-0.2, 0) is 10.5 Å². The first-order valence-electron chi connectivity index (χ1n) is 10.1. The molecule has 2 aromatic rings. The molecule has 2 fully saturated rings. The minimum Gasteiger partial charge on any atom is -0.393 e. The summed E-state index contributed by atoms with van der Waals surface area (Å²) in [4.78, 5) is 19.4. The molecule has 0 spiro atoms. The Kier molecular flexibility index (Phi) is 6.36. The summed E-state index contributed by atoms with van der Waals surface area (Å²) >= 11 is 1.67. The molecule has 1 aromatic carbocycles. The highest BCUT2D eigenvalue weighted by Gasteiger charge is 2.23. The Bertz CT molecular complexity index is 925. The van der Waals surface area contributed by atoms with Crippen LogP contribution in [-0.4, -0.2) is 45.7 Å². The molecule has 1 saturated carbocycles. The number of rotatable bonds is 5. The molecule has 29 heavy (non-hydrogen) atoms. The van der Waals surface area contributed by atoms with E-state index in [4.69, 9.17) is 4.74 Å². The van der Waals surface area contributed by atoms with Crippen LogP contribution in [0, 0.1) is 11.6 Å². The highest BCUT2D eigenvalue weighted by atomic mass is 32.2. The Hall–Kier alpha value is -1.71. The van der Waals surface area contributed by atoms with Crippen molar-refractivity contribution in [2.75, 3.05) is 18.5 Å². The van der Waals surface area contributed by atoms with E-state index in [0.717, 1.165) is 38.5 Å². The first-order chi connectivity index (χ1) is 14.0. The number of hydrogen-bond acceptors (Lipinski definition) is 6. The molecule has 1 aromatic heterocycles. The second-order valence-electron chi connectivity index (χ2n) is 7.76. The average molecular weight is 426 g/mol. The van der Waals surface area contributed by atoms with Crippen molar-refractivity contribution in [1.29, 1.82) is 0 Å². The van der Waals surface area contributed by atoms with Gasteiger partial charge in [0.05, 0.1) is 29.7 Å². The number of hydrogen-bond donors (Lipinski definition) is 3. The van der Waals surface area contributed by atoms with Crippen molar-refractivity contribution in [3.05, 3.63) is 33.9 Å². The SMILES string of the molecule is O=c1[nH]c(CS[C@H]2CC[C@H](O)CC2)nc2cc(N[C@@H]3CCCOC3)c(F)c(F)c12. The summed E-state index contributed by atoms with van der Waals surface area (Å²) in [5.74, 6) is -1.34. The van der Waals surface area contributed by atoms with Crippen molar-refractivity contribution in [2.45, 2.75) is 61.7 Å². The van der Waals surface area contributed by atoms with E-state index >= 15 is 0 Å². The monoisotopic (exact) mass is 425 g/mol. The number of nitrogens with one attached hydrogen (secondary N) is 2. The van der Waals surface area contributed by atoms with Gasteiger partial charge >= 0.3 is 0 Å². The quantitative estimate of drug-likeness (QED) is 0.681. The summed E-state index contributed by atoms with van der Waals surface area (Å²) in [6, 6.07) is 1.30. The number of benzene rings is 1. The van der Waals surface area contributed by atoms with E-state index in [2.05, 4.69) is 15.3 Å². The van der Waals surface area contributed by atoms with Gasteiger partial charge in [0.2, 0.25) is 0 Å². The van der Waals surface area contributed by atoms with Crippen LogP contribution >= 0.6 is 11.8 Å². The van der Waals surface area contributed by atoms with Gasteiger partial charge < -0.3 is 20.1 Å². The van der Waals surface area contributed by atoms with E-state index in [1.807, 2.05) is 0 Å². The number of aliphatic hydroxyl groups excluding tert-OH is 1. The molecule has 2 heterocycles. The predicted molar refractivity (Wildman–Crippen MR) is 109 cm³/mol. The summed E-state index contributed by atoms with van der Waals surface area (Å²) in [5, 5.41) is 12.6. The van der Waals surface area contributed by atoms with Gasteiger partial charge in [-0.1, -0.05) is 0 Å². The smallest absolute Gasteiger partial charge is 0.261 e. The summed E-state index contributed by atoms with van der Waals surface area (Å²) in [5.41, 5.74) is -0.529. The first kappa shape index (κ1) is 20.6. The lowest BCUT2D eigenvalue weighted by molar-refractivity contribution is 0.0875. The molecule has 0 bridgehead atoms. The van der Waals surface area contributed by atoms with Crippen molar-refractivity contribution in [3.63, 3.8) is 0 Å². The Labute approximate surface area is 171 Å². The molecule has 6 nitrogen and oxygen atoms in total. The summed E-state index contributed by atoms with van der Waals surface area (Å²) in [7, 11) is 0. The van der Waals surface area contributed by atoms with Gasteiger partial charge in [-0.05, 0) is 44.6 Å². The Balaban J connectivity index is 1.56. The van der Waals surface area contributed by atoms with Crippen LogP contribution in [0.4, 0.5) is 14.5 Å². The number of anilines is 1. The number of ether oxygens (including phenoxy) is 1. The van der Waals surface area contributed by atoms with Gasteiger partial charge in [-0.25, -0.2) is 13.8 Å². The highest BCUT2D eigenvalue weighted by Crippen LogP contribution is 2.31. The lowest BCUT2D eigenvalue weighted by atomic mass is 9.97. The molecule has 4 rings (SSSR count). The maximum Gasteiger partial charge on any atom is 0.261 e. The molecule has 3 N–H and O–H groups in total. The standard InChI is InChI=1S/C20H25F2N3O3S/c21-18-15(23-11-2-1-7-28-9-11)8-14-17(19(18)22)20(27)25-16(24-14)10-29-13-5-3-12(26)4-6-13/h8,11-13,23,26H,1-7,9-10H2,(H,24,25,27)/t11-,12-,13-/m1/s1. The molecule has 2 aliphatic rings. The van der Waals surface area contributed by atoms with Gasteiger partial charge in [0.25, 0.3) is 5.56 Å². The molecular weight excluding hydrogens is 400 g/mol. The molecule has 158 valence electrons. The number of aromatic amines is 1. The van der Waals surface area contributed by atoms with E-state index in [1.54, 1.807) is 11.8 Å². The maximum absolute atomic E-state index is 14.6.